The van der Waals surface area contributed by atoms with E-state index in [9.17, 15) is 10.1 Å². The SMILES string of the molecule is CC(CCc1ccccc1[N+](=O)[O-])C(Cl)c1ccccc1. The number of halogens is 1. The number of alkyl halides is 1. The molecule has 2 aromatic carbocycles. The lowest BCUT2D eigenvalue weighted by Gasteiger charge is -2.18. The quantitative estimate of drug-likeness (QED) is 0.421. The summed E-state index contributed by atoms with van der Waals surface area (Å²) in [6.45, 7) is 2.08. The number of nitrogens with zero attached hydrogens (tertiary/aromatic N) is 1. The molecule has 0 aromatic heterocycles. The molecule has 4 heteroatoms. The van der Waals surface area contributed by atoms with Crippen molar-refractivity contribution < 1.29 is 4.92 Å². The molecular formula is C17H18ClNO2. The Hall–Kier alpha value is -1.87. The monoisotopic (exact) mass is 303 g/mol. The fourth-order valence-corrected chi connectivity index (χ4v) is 2.67. The summed E-state index contributed by atoms with van der Waals surface area (Å²) in [4.78, 5) is 10.7. The molecule has 0 aliphatic carbocycles. The Morgan fingerprint density at radius 1 is 1.10 bits per heavy atom. The maximum Gasteiger partial charge on any atom is 0.272 e. The van der Waals surface area contributed by atoms with E-state index in [2.05, 4.69) is 6.92 Å². The lowest BCUT2D eigenvalue weighted by molar-refractivity contribution is -0.385. The molecule has 2 aromatic rings. The van der Waals surface area contributed by atoms with Crippen LogP contribution < -0.4 is 0 Å². The van der Waals surface area contributed by atoms with Crippen molar-refractivity contribution in [3.05, 3.63) is 75.8 Å². The van der Waals surface area contributed by atoms with Crippen LogP contribution in [0, 0.1) is 16.0 Å². The van der Waals surface area contributed by atoms with Gasteiger partial charge in [0.25, 0.3) is 5.69 Å². The van der Waals surface area contributed by atoms with Crippen LogP contribution >= 0.6 is 11.6 Å². The van der Waals surface area contributed by atoms with E-state index in [0.29, 0.717) is 6.42 Å². The Balaban J connectivity index is 2.01. The molecule has 0 aliphatic rings. The molecule has 0 heterocycles. The molecule has 0 radical (unpaired) electrons. The lowest BCUT2D eigenvalue weighted by atomic mass is 9.93. The minimum absolute atomic E-state index is 0.0750. The van der Waals surface area contributed by atoms with Gasteiger partial charge in [0.1, 0.15) is 0 Å². The Morgan fingerprint density at radius 2 is 1.71 bits per heavy atom. The van der Waals surface area contributed by atoms with Gasteiger partial charge in [-0.25, -0.2) is 0 Å². The smallest absolute Gasteiger partial charge is 0.258 e. The fraction of sp³-hybridized carbons (Fsp3) is 0.294. The fourth-order valence-electron chi connectivity index (χ4n) is 2.40. The first-order valence-corrected chi connectivity index (χ1v) is 7.44. The number of rotatable bonds is 6. The highest BCUT2D eigenvalue weighted by molar-refractivity contribution is 6.20. The van der Waals surface area contributed by atoms with E-state index in [1.165, 1.54) is 0 Å². The number of nitro benzene ring substituents is 1. The van der Waals surface area contributed by atoms with Gasteiger partial charge in [0.2, 0.25) is 0 Å². The van der Waals surface area contributed by atoms with Crippen LogP contribution in [0.25, 0.3) is 0 Å². The van der Waals surface area contributed by atoms with Crippen molar-refractivity contribution in [2.45, 2.75) is 25.1 Å². The van der Waals surface area contributed by atoms with E-state index in [4.69, 9.17) is 11.6 Å². The summed E-state index contributed by atoms with van der Waals surface area (Å²) in [6, 6.07) is 16.8. The third-order valence-electron chi connectivity index (χ3n) is 3.67. The minimum Gasteiger partial charge on any atom is -0.258 e. The van der Waals surface area contributed by atoms with E-state index in [1.807, 2.05) is 42.5 Å². The second-order valence-corrected chi connectivity index (χ2v) is 5.68. The molecule has 2 rings (SSSR count). The molecule has 3 nitrogen and oxygen atoms in total. The molecule has 2 unspecified atom stereocenters. The number of nitro groups is 1. The molecule has 0 fully saturated rings. The zero-order chi connectivity index (χ0) is 15.2. The highest BCUT2D eigenvalue weighted by atomic mass is 35.5. The third kappa shape index (κ3) is 4.05. The Labute approximate surface area is 129 Å². The van der Waals surface area contributed by atoms with Crippen LogP contribution in [-0.4, -0.2) is 4.92 Å². The number of para-hydroxylation sites is 1. The zero-order valence-electron chi connectivity index (χ0n) is 11.9. The molecule has 0 amide bonds. The van der Waals surface area contributed by atoms with Crippen LogP contribution in [0.5, 0.6) is 0 Å². The summed E-state index contributed by atoms with van der Waals surface area (Å²) in [5.74, 6) is 0.244. The molecule has 0 bridgehead atoms. The Bertz CT molecular complexity index is 601. The lowest BCUT2D eigenvalue weighted by Crippen LogP contribution is -2.06. The number of aryl methyl sites for hydroxylation is 1. The summed E-state index contributed by atoms with van der Waals surface area (Å²) in [5, 5.41) is 10.9. The van der Waals surface area contributed by atoms with E-state index < -0.39 is 0 Å². The first-order chi connectivity index (χ1) is 10.1. The van der Waals surface area contributed by atoms with Crippen LogP contribution in [0.2, 0.25) is 0 Å². The molecular weight excluding hydrogens is 286 g/mol. The van der Waals surface area contributed by atoms with Gasteiger partial charge in [0.15, 0.2) is 0 Å². The average Bonchev–Trinajstić information content (AvgIpc) is 2.52. The first kappa shape index (κ1) is 15.5. The minimum atomic E-state index is -0.324. The summed E-state index contributed by atoms with van der Waals surface area (Å²) in [7, 11) is 0. The van der Waals surface area contributed by atoms with Crippen LogP contribution in [-0.2, 0) is 6.42 Å². The molecule has 0 saturated heterocycles. The van der Waals surface area contributed by atoms with Gasteiger partial charge in [0.05, 0.1) is 10.3 Å². The Morgan fingerprint density at radius 3 is 2.38 bits per heavy atom. The van der Waals surface area contributed by atoms with Gasteiger partial charge < -0.3 is 0 Å². The van der Waals surface area contributed by atoms with Crippen molar-refractivity contribution in [3.8, 4) is 0 Å². The molecule has 0 N–H and O–H groups in total. The van der Waals surface area contributed by atoms with Crippen LogP contribution in [0.3, 0.4) is 0 Å². The second kappa shape index (κ2) is 7.23. The number of benzene rings is 2. The summed E-state index contributed by atoms with van der Waals surface area (Å²) < 4.78 is 0. The van der Waals surface area contributed by atoms with E-state index in [1.54, 1.807) is 12.1 Å². The second-order valence-electron chi connectivity index (χ2n) is 5.21. The molecule has 0 saturated carbocycles. The maximum atomic E-state index is 11.0. The van der Waals surface area contributed by atoms with Gasteiger partial charge in [0, 0.05) is 11.6 Å². The van der Waals surface area contributed by atoms with Gasteiger partial charge in [-0.2, -0.15) is 0 Å². The zero-order valence-corrected chi connectivity index (χ0v) is 12.7. The van der Waals surface area contributed by atoms with Gasteiger partial charge in [-0.1, -0.05) is 55.5 Å². The van der Waals surface area contributed by atoms with E-state index >= 15 is 0 Å². The predicted molar refractivity (Wildman–Crippen MR) is 85.6 cm³/mol. The van der Waals surface area contributed by atoms with E-state index in [0.717, 1.165) is 17.5 Å². The van der Waals surface area contributed by atoms with Crippen molar-refractivity contribution in [3.63, 3.8) is 0 Å². The molecule has 2 atom stereocenters. The molecule has 110 valence electrons. The van der Waals surface area contributed by atoms with Gasteiger partial charge in [-0.05, 0) is 24.3 Å². The van der Waals surface area contributed by atoms with Crippen molar-refractivity contribution in [2.75, 3.05) is 0 Å². The van der Waals surface area contributed by atoms with Gasteiger partial charge in [-0.15, -0.1) is 11.6 Å². The van der Waals surface area contributed by atoms with Gasteiger partial charge >= 0.3 is 0 Å². The van der Waals surface area contributed by atoms with Gasteiger partial charge in [-0.3, -0.25) is 10.1 Å². The van der Waals surface area contributed by atoms with Crippen molar-refractivity contribution in [1.29, 1.82) is 0 Å². The normalized spacial score (nSPS) is 13.6. The molecule has 0 aliphatic heterocycles. The topological polar surface area (TPSA) is 43.1 Å². The van der Waals surface area contributed by atoms with Crippen LogP contribution in [0.15, 0.2) is 54.6 Å². The number of hydrogen-bond acceptors (Lipinski definition) is 2. The van der Waals surface area contributed by atoms with Crippen molar-refractivity contribution in [1.82, 2.24) is 0 Å². The maximum absolute atomic E-state index is 11.0. The standard InChI is InChI=1S/C17H18ClNO2/c1-13(17(18)15-8-3-2-4-9-15)11-12-14-7-5-6-10-16(14)19(20)21/h2-10,13,17H,11-12H2,1H3. The highest BCUT2D eigenvalue weighted by Crippen LogP contribution is 2.32. The highest BCUT2D eigenvalue weighted by Gasteiger charge is 2.18. The molecule has 0 spiro atoms. The number of hydrogen-bond donors (Lipinski definition) is 0. The summed E-state index contributed by atoms with van der Waals surface area (Å²) >= 11 is 6.49. The van der Waals surface area contributed by atoms with Crippen molar-refractivity contribution >= 4 is 17.3 Å². The van der Waals surface area contributed by atoms with E-state index in [-0.39, 0.29) is 21.9 Å². The molecule has 21 heavy (non-hydrogen) atoms. The van der Waals surface area contributed by atoms with Crippen LogP contribution in [0.1, 0.15) is 29.8 Å². The van der Waals surface area contributed by atoms with Crippen LogP contribution in [0.4, 0.5) is 5.69 Å². The Kier molecular flexibility index (Phi) is 5.34. The summed E-state index contributed by atoms with van der Waals surface area (Å²) in [6.07, 6.45) is 1.47. The largest absolute Gasteiger partial charge is 0.272 e. The predicted octanol–water partition coefficient (Wildman–Crippen LogP) is 5.14. The average molecular weight is 304 g/mol. The third-order valence-corrected chi connectivity index (χ3v) is 4.36. The first-order valence-electron chi connectivity index (χ1n) is 7.01. The summed E-state index contributed by atoms with van der Waals surface area (Å²) in [5.41, 5.74) is 2.05. The van der Waals surface area contributed by atoms with Crippen molar-refractivity contribution in [2.24, 2.45) is 5.92 Å².